The number of aryl methyl sites for hydroxylation is 2. The summed E-state index contributed by atoms with van der Waals surface area (Å²) in [6.07, 6.45) is 3.83. The van der Waals surface area contributed by atoms with Gasteiger partial charge in [-0.1, -0.05) is 12.1 Å². The lowest BCUT2D eigenvalue weighted by atomic mass is 10.0. The van der Waals surface area contributed by atoms with Gasteiger partial charge in [0.2, 0.25) is 0 Å². The Labute approximate surface area is 102 Å². The summed E-state index contributed by atoms with van der Waals surface area (Å²) < 4.78 is 0. The van der Waals surface area contributed by atoms with Gasteiger partial charge < -0.3 is 5.32 Å². The summed E-state index contributed by atoms with van der Waals surface area (Å²) >= 11 is 0. The fourth-order valence-corrected chi connectivity index (χ4v) is 1.83. The van der Waals surface area contributed by atoms with Gasteiger partial charge in [-0.25, -0.2) is 0 Å². The fourth-order valence-electron chi connectivity index (χ4n) is 1.83. The average molecular weight is 227 g/mol. The smallest absolute Gasteiger partial charge is 0.0604 e. The van der Waals surface area contributed by atoms with E-state index in [1.807, 2.05) is 45.4 Å². The summed E-state index contributed by atoms with van der Waals surface area (Å²) in [5.41, 5.74) is 4.38. The van der Waals surface area contributed by atoms with Crippen LogP contribution in [-0.4, -0.2) is 17.0 Å². The van der Waals surface area contributed by atoms with Crippen molar-refractivity contribution in [3.05, 3.63) is 59.2 Å². The molecule has 0 aliphatic carbocycles. The topological polar surface area (TPSA) is 37.8 Å². The molecule has 0 atom stereocenters. The molecule has 0 spiro atoms. The van der Waals surface area contributed by atoms with E-state index in [0.29, 0.717) is 0 Å². The fraction of sp³-hybridized carbons (Fsp3) is 0.286. The molecule has 0 amide bonds. The van der Waals surface area contributed by atoms with Gasteiger partial charge in [-0.3, -0.25) is 9.97 Å². The highest BCUT2D eigenvalue weighted by Crippen LogP contribution is 2.20. The molecule has 0 aromatic carbocycles. The minimum Gasteiger partial charge on any atom is -0.309 e. The van der Waals surface area contributed by atoms with Gasteiger partial charge >= 0.3 is 0 Å². The van der Waals surface area contributed by atoms with Crippen LogP contribution in [0.4, 0.5) is 0 Å². The molecule has 0 saturated carbocycles. The van der Waals surface area contributed by atoms with Crippen LogP contribution in [0.15, 0.2) is 36.7 Å². The van der Waals surface area contributed by atoms with Crippen molar-refractivity contribution in [1.82, 2.24) is 15.3 Å². The maximum Gasteiger partial charge on any atom is 0.0604 e. The molecule has 3 heteroatoms. The van der Waals surface area contributed by atoms with Crippen LogP contribution in [-0.2, 0) is 0 Å². The van der Waals surface area contributed by atoms with Gasteiger partial charge in [0.05, 0.1) is 6.04 Å². The average Bonchev–Trinajstić information content (AvgIpc) is 2.35. The Morgan fingerprint density at radius 2 is 1.35 bits per heavy atom. The molecule has 0 unspecified atom stereocenters. The van der Waals surface area contributed by atoms with Crippen LogP contribution < -0.4 is 5.32 Å². The Morgan fingerprint density at radius 1 is 0.882 bits per heavy atom. The quantitative estimate of drug-likeness (QED) is 0.875. The molecule has 0 aliphatic rings. The van der Waals surface area contributed by atoms with Gasteiger partial charge in [0.1, 0.15) is 0 Å². The number of pyridine rings is 2. The van der Waals surface area contributed by atoms with Crippen molar-refractivity contribution in [3.63, 3.8) is 0 Å². The standard InChI is InChI=1S/C14H17N3/c1-10-4-6-12(8-16-10)14(15-3)13-7-5-11(2)17-9-13/h4-9,14-15H,1-3H3. The molecule has 1 N–H and O–H groups in total. The summed E-state index contributed by atoms with van der Waals surface area (Å²) in [6.45, 7) is 3.98. The second-order valence-electron chi connectivity index (χ2n) is 4.19. The van der Waals surface area contributed by atoms with E-state index in [2.05, 4.69) is 27.4 Å². The minimum atomic E-state index is 0.149. The summed E-state index contributed by atoms with van der Waals surface area (Å²) in [6, 6.07) is 8.41. The van der Waals surface area contributed by atoms with E-state index in [4.69, 9.17) is 0 Å². The van der Waals surface area contributed by atoms with Crippen LogP contribution in [0.1, 0.15) is 28.6 Å². The zero-order valence-corrected chi connectivity index (χ0v) is 10.4. The first-order chi connectivity index (χ1) is 8.20. The molecule has 0 fully saturated rings. The van der Waals surface area contributed by atoms with Gasteiger partial charge in [0.15, 0.2) is 0 Å². The van der Waals surface area contributed by atoms with E-state index in [1.54, 1.807) is 0 Å². The van der Waals surface area contributed by atoms with Gasteiger partial charge in [-0.2, -0.15) is 0 Å². The zero-order valence-electron chi connectivity index (χ0n) is 10.4. The Morgan fingerprint density at radius 3 is 1.65 bits per heavy atom. The molecule has 88 valence electrons. The number of nitrogens with one attached hydrogen (secondary N) is 1. The van der Waals surface area contributed by atoms with E-state index >= 15 is 0 Å². The Bertz CT molecular complexity index is 428. The molecule has 0 radical (unpaired) electrons. The summed E-state index contributed by atoms with van der Waals surface area (Å²) in [7, 11) is 1.95. The second-order valence-corrected chi connectivity index (χ2v) is 4.19. The molecular formula is C14H17N3. The first-order valence-electron chi connectivity index (χ1n) is 5.73. The largest absolute Gasteiger partial charge is 0.309 e. The number of nitrogens with zero attached hydrogens (tertiary/aromatic N) is 2. The van der Waals surface area contributed by atoms with Crippen molar-refractivity contribution in [2.75, 3.05) is 7.05 Å². The zero-order chi connectivity index (χ0) is 12.3. The van der Waals surface area contributed by atoms with Crippen LogP contribution in [0, 0.1) is 13.8 Å². The highest BCUT2D eigenvalue weighted by molar-refractivity contribution is 5.29. The molecule has 0 saturated heterocycles. The first kappa shape index (κ1) is 11.7. The van der Waals surface area contributed by atoms with Crippen LogP contribution in [0.2, 0.25) is 0 Å². The number of hydrogen-bond donors (Lipinski definition) is 1. The van der Waals surface area contributed by atoms with Crippen molar-refractivity contribution < 1.29 is 0 Å². The van der Waals surface area contributed by atoms with E-state index in [0.717, 1.165) is 22.5 Å². The van der Waals surface area contributed by atoms with E-state index in [9.17, 15) is 0 Å². The predicted octanol–water partition coefficient (Wildman–Crippen LogP) is 2.40. The molecule has 2 aromatic heterocycles. The number of hydrogen-bond acceptors (Lipinski definition) is 3. The third-order valence-corrected chi connectivity index (χ3v) is 2.82. The lowest BCUT2D eigenvalue weighted by Crippen LogP contribution is -2.18. The van der Waals surface area contributed by atoms with Crippen LogP contribution in [0.5, 0.6) is 0 Å². The third-order valence-electron chi connectivity index (χ3n) is 2.82. The monoisotopic (exact) mass is 227 g/mol. The Hall–Kier alpha value is -1.74. The molecule has 2 rings (SSSR count). The SMILES string of the molecule is CNC(c1ccc(C)nc1)c1ccc(C)nc1. The molecule has 0 bridgehead atoms. The van der Waals surface area contributed by atoms with E-state index < -0.39 is 0 Å². The molecule has 17 heavy (non-hydrogen) atoms. The van der Waals surface area contributed by atoms with Gasteiger partial charge in [-0.15, -0.1) is 0 Å². The van der Waals surface area contributed by atoms with Crippen molar-refractivity contribution >= 4 is 0 Å². The second kappa shape index (κ2) is 5.06. The summed E-state index contributed by atoms with van der Waals surface area (Å²) in [5, 5.41) is 3.29. The van der Waals surface area contributed by atoms with Gasteiger partial charge in [0.25, 0.3) is 0 Å². The Balaban J connectivity index is 2.33. The van der Waals surface area contributed by atoms with Crippen LogP contribution >= 0.6 is 0 Å². The molecule has 3 nitrogen and oxygen atoms in total. The van der Waals surface area contributed by atoms with Crippen molar-refractivity contribution in [2.45, 2.75) is 19.9 Å². The molecule has 2 heterocycles. The summed E-state index contributed by atoms with van der Waals surface area (Å²) in [5.74, 6) is 0. The number of aromatic nitrogens is 2. The highest BCUT2D eigenvalue weighted by Gasteiger charge is 2.12. The van der Waals surface area contributed by atoms with Crippen molar-refractivity contribution in [1.29, 1.82) is 0 Å². The van der Waals surface area contributed by atoms with Crippen molar-refractivity contribution in [2.24, 2.45) is 0 Å². The van der Waals surface area contributed by atoms with E-state index in [1.165, 1.54) is 0 Å². The lowest BCUT2D eigenvalue weighted by molar-refractivity contribution is 0.684. The molecule has 2 aromatic rings. The summed E-state index contributed by atoms with van der Waals surface area (Å²) in [4.78, 5) is 8.66. The maximum absolute atomic E-state index is 4.33. The Kier molecular flexibility index (Phi) is 3.49. The van der Waals surface area contributed by atoms with Crippen molar-refractivity contribution in [3.8, 4) is 0 Å². The molecular weight excluding hydrogens is 210 g/mol. The van der Waals surface area contributed by atoms with Gasteiger partial charge in [-0.05, 0) is 44.2 Å². The van der Waals surface area contributed by atoms with E-state index in [-0.39, 0.29) is 6.04 Å². The number of rotatable bonds is 3. The normalized spacial score (nSPS) is 10.8. The lowest BCUT2D eigenvalue weighted by Gasteiger charge is -2.16. The third kappa shape index (κ3) is 2.68. The molecule has 0 aliphatic heterocycles. The van der Waals surface area contributed by atoms with Crippen LogP contribution in [0.3, 0.4) is 0 Å². The van der Waals surface area contributed by atoms with Gasteiger partial charge in [0, 0.05) is 23.8 Å². The first-order valence-corrected chi connectivity index (χ1v) is 5.73. The van der Waals surface area contributed by atoms with Crippen LogP contribution in [0.25, 0.3) is 0 Å². The minimum absolute atomic E-state index is 0.149. The predicted molar refractivity (Wildman–Crippen MR) is 68.9 cm³/mol. The highest BCUT2D eigenvalue weighted by atomic mass is 14.9. The maximum atomic E-state index is 4.33.